The van der Waals surface area contributed by atoms with Crippen LogP contribution in [0.5, 0.6) is 0 Å². The fraction of sp³-hybridized carbons (Fsp3) is 0.455. The van der Waals surface area contributed by atoms with E-state index in [1.54, 1.807) is 19.2 Å². The predicted molar refractivity (Wildman–Crippen MR) is 62.0 cm³/mol. The van der Waals surface area contributed by atoms with Crippen molar-refractivity contribution < 1.29 is 18.7 Å². The highest BCUT2D eigenvalue weighted by Crippen LogP contribution is 1.99. The molecule has 17 heavy (non-hydrogen) atoms. The van der Waals surface area contributed by atoms with Crippen LogP contribution in [-0.4, -0.2) is 39.3 Å². The topological polar surface area (TPSA) is 73.1 Å². The van der Waals surface area contributed by atoms with Crippen LogP contribution in [0.2, 0.25) is 0 Å². The Morgan fingerprint density at radius 2 is 2.35 bits per heavy atom. The summed E-state index contributed by atoms with van der Waals surface area (Å²) in [6, 6.07) is 3.37. The van der Waals surface area contributed by atoms with E-state index in [-0.39, 0.29) is 17.7 Å². The monoisotopic (exact) mass is 240 g/mol. The van der Waals surface area contributed by atoms with Gasteiger partial charge in [-0.25, -0.2) is 4.99 Å². The van der Waals surface area contributed by atoms with Gasteiger partial charge in [0, 0.05) is 20.3 Å². The quantitative estimate of drug-likeness (QED) is 0.474. The molecule has 6 heteroatoms. The summed E-state index contributed by atoms with van der Waals surface area (Å²) in [5.41, 5.74) is 0. The minimum absolute atomic E-state index is 0.169. The van der Waals surface area contributed by atoms with Crippen molar-refractivity contribution >= 4 is 11.9 Å². The van der Waals surface area contributed by atoms with Crippen LogP contribution in [0.25, 0.3) is 0 Å². The number of amidine groups is 1. The molecular formula is C11H16N2O4. The van der Waals surface area contributed by atoms with Crippen molar-refractivity contribution in [2.24, 2.45) is 4.99 Å². The minimum Gasteiger partial charge on any atom is -0.468 e. The van der Waals surface area contributed by atoms with E-state index in [2.05, 4.69) is 10.3 Å². The number of furan rings is 1. The molecule has 6 nitrogen and oxygen atoms in total. The molecule has 0 radical (unpaired) electrons. The molecular weight excluding hydrogens is 224 g/mol. The van der Waals surface area contributed by atoms with Gasteiger partial charge in [0.15, 0.2) is 5.76 Å². The van der Waals surface area contributed by atoms with Gasteiger partial charge in [-0.1, -0.05) is 0 Å². The molecule has 1 N–H and O–H groups in total. The molecule has 0 unspecified atom stereocenters. The number of hydrogen-bond donors (Lipinski definition) is 1. The van der Waals surface area contributed by atoms with E-state index in [0.717, 1.165) is 6.42 Å². The van der Waals surface area contributed by atoms with Gasteiger partial charge >= 0.3 is 0 Å². The lowest BCUT2D eigenvalue weighted by molar-refractivity contribution is 0.0941. The minimum atomic E-state index is -0.387. The van der Waals surface area contributed by atoms with E-state index in [1.807, 2.05) is 0 Å². The van der Waals surface area contributed by atoms with E-state index in [0.29, 0.717) is 13.2 Å². The third kappa shape index (κ3) is 4.69. The summed E-state index contributed by atoms with van der Waals surface area (Å²) in [5.74, 6) is -0.172. The molecule has 0 aliphatic rings. The third-order valence-corrected chi connectivity index (χ3v) is 1.92. The van der Waals surface area contributed by atoms with Gasteiger partial charge in [0.05, 0.1) is 13.4 Å². The van der Waals surface area contributed by atoms with Crippen LogP contribution in [0.1, 0.15) is 17.0 Å². The van der Waals surface area contributed by atoms with Crippen LogP contribution in [-0.2, 0) is 9.47 Å². The summed E-state index contributed by atoms with van der Waals surface area (Å²) in [5, 5.41) is 2.50. The molecule has 0 fully saturated rings. The highest BCUT2D eigenvalue weighted by atomic mass is 16.5. The van der Waals surface area contributed by atoms with Gasteiger partial charge < -0.3 is 13.9 Å². The van der Waals surface area contributed by atoms with Crippen LogP contribution in [0, 0.1) is 0 Å². The first kappa shape index (κ1) is 13.2. The predicted octanol–water partition coefficient (Wildman–Crippen LogP) is 1.05. The zero-order valence-corrected chi connectivity index (χ0v) is 9.93. The van der Waals surface area contributed by atoms with Crippen LogP contribution in [0.15, 0.2) is 27.8 Å². The molecule has 0 aliphatic carbocycles. The van der Waals surface area contributed by atoms with Crippen LogP contribution < -0.4 is 5.32 Å². The highest BCUT2D eigenvalue weighted by Gasteiger charge is 2.10. The SMILES string of the molecule is COCCCN=C(NC(=O)c1ccco1)OC. The molecule has 0 bridgehead atoms. The average molecular weight is 240 g/mol. The maximum atomic E-state index is 11.6. The molecule has 1 aromatic rings. The number of carbonyl (C=O) groups is 1. The zero-order valence-electron chi connectivity index (χ0n) is 9.93. The number of carbonyl (C=O) groups excluding carboxylic acids is 1. The highest BCUT2D eigenvalue weighted by molar-refractivity contribution is 6.02. The summed E-state index contributed by atoms with van der Waals surface area (Å²) in [7, 11) is 3.07. The van der Waals surface area contributed by atoms with Crippen molar-refractivity contribution in [1.29, 1.82) is 0 Å². The first-order valence-corrected chi connectivity index (χ1v) is 5.20. The van der Waals surface area contributed by atoms with Crippen molar-refractivity contribution in [3.8, 4) is 0 Å². The lowest BCUT2D eigenvalue weighted by Crippen LogP contribution is -2.31. The molecule has 1 rings (SSSR count). The maximum Gasteiger partial charge on any atom is 0.294 e. The Labute approximate surface area is 99.6 Å². The van der Waals surface area contributed by atoms with Crippen molar-refractivity contribution in [2.45, 2.75) is 6.42 Å². The summed E-state index contributed by atoms with van der Waals surface area (Å²) < 4.78 is 14.8. The first-order chi connectivity index (χ1) is 8.27. The van der Waals surface area contributed by atoms with E-state index in [1.165, 1.54) is 13.4 Å². The van der Waals surface area contributed by atoms with E-state index >= 15 is 0 Å². The van der Waals surface area contributed by atoms with Gasteiger partial charge in [0.2, 0.25) is 0 Å². The van der Waals surface area contributed by atoms with Gasteiger partial charge in [-0.2, -0.15) is 0 Å². The summed E-state index contributed by atoms with van der Waals surface area (Å²) in [6.07, 6.45) is 2.19. The molecule has 0 atom stereocenters. The van der Waals surface area contributed by atoms with E-state index in [9.17, 15) is 4.79 Å². The molecule has 1 amide bonds. The number of methoxy groups -OCH3 is 2. The van der Waals surface area contributed by atoms with Crippen LogP contribution in [0.3, 0.4) is 0 Å². The second-order valence-electron chi connectivity index (χ2n) is 3.17. The molecule has 0 saturated heterocycles. The Hall–Kier alpha value is -1.82. The number of amides is 1. The third-order valence-electron chi connectivity index (χ3n) is 1.92. The Morgan fingerprint density at radius 1 is 1.53 bits per heavy atom. The van der Waals surface area contributed by atoms with Crippen molar-refractivity contribution in [3.63, 3.8) is 0 Å². The fourth-order valence-corrected chi connectivity index (χ4v) is 1.11. The molecule has 1 heterocycles. The summed E-state index contributed by atoms with van der Waals surface area (Å²) in [6.45, 7) is 1.14. The van der Waals surface area contributed by atoms with Gasteiger partial charge in [-0.15, -0.1) is 0 Å². The molecule has 0 aliphatic heterocycles. The number of nitrogens with zero attached hydrogens (tertiary/aromatic N) is 1. The van der Waals surface area contributed by atoms with Gasteiger partial charge in [0.1, 0.15) is 0 Å². The van der Waals surface area contributed by atoms with Gasteiger partial charge in [-0.05, 0) is 18.6 Å². The standard InChI is InChI=1S/C11H16N2O4/c1-15-7-4-6-12-11(16-2)13-10(14)9-5-3-8-17-9/h3,5,8H,4,6-7H2,1-2H3,(H,12,13,14). The summed E-state index contributed by atoms with van der Waals surface area (Å²) >= 11 is 0. The van der Waals surface area contributed by atoms with Crippen molar-refractivity contribution in [2.75, 3.05) is 27.4 Å². The average Bonchev–Trinajstić information content (AvgIpc) is 2.86. The van der Waals surface area contributed by atoms with Gasteiger partial charge in [-0.3, -0.25) is 10.1 Å². The number of nitrogens with one attached hydrogen (secondary N) is 1. The molecule has 94 valence electrons. The van der Waals surface area contributed by atoms with E-state index in [4.69, 9.17) is 13.9 Å². The van der Waals surface area contributed by atoms with Crippen molar-refractivity contribution in [1.82, 2.24) is 5.32 Å². The van der Waals surface area contributed by atoms with E-state index < -0.39 is 0 Å². The number of rotatable bonds is 5. The number of ether oxygens (including phenoxy) is 2. The second kappa shape index (κ2) is 7.45. The zero-order chi connectivity index (χ0) is 12.5. The first-order valence-electron chi connectivity index (χ1n) is 5.20. The Morgan fingerprint density at radius 3 is 2.94 bits per heavy atom. The largest absolute Gasteiger partial charge is 0.468 e. The fourth-order valence-electron chi connectivity index (χ4n) is 1.11. The molecule has 0 saturated carbocycles. The Kier molecular flexibility index (Phi) is 5.81. The number of aliphatic imine (C=N–C) groups is 1. The summed E-state index contributed by atoms with van der Waals surface area (Å²) in [4.78, 5) is 15.6. The Bertz CT molecular complexity index is 360. The van der Waals surface area contributed by atoms with Crippen LogP contribution >= 0.6 is 0 Å². The second-order valence-corrected chi connectivity index (χ2v) is 3.17. The smallest absolute Gasteiger partial charge is 0.294 e. The van der Waals surface area contributed by atoms with Crippen LogP contribution in [0.4, 0.5) is 0 Å². The van der Waals surface area contributed by atoms with Gasteiger partial charge in [0.25, 0.3) is 11.9 Å². The Balaban J connectivity index is 2.43. The molecule has 0 spiro atoms. The molecule has 0 aromatic carbocycles. The molecule has 1 aromatic heterocycles. The normalized spacial score (nSPS) is 11.3. The lowest BCUT2D eigenvalue weighted by Gasteiger charge is -2.05. The maximum absolute atomic E-state index is 11.6. The number of hydrogen-bond acceptors (Lipinski definition) is 5. The van der Waals surface area contributed by atoms with Crippen molar-refractivity contribution in [3.05, 3.63) is 24.2 Å². The lowest BCUT2D eigenvalue weighted by atomic mass is 10.4.